The van der Waals surface area contributed by atoms with E-state index in [2.05, 4.69) is 18.7 Å². The monoisotopic (exact) mass is 214 g/mol. The van der Waals surface area contributed by atoms with Crippen LogP contribution in [-0.2, 0) is 4.74 Å². The van der Waals surface area contributed by atoms with E-state index in [0.29, 0.717) is 12.1 Å². The summed E-state index contributed by atoms with van der Waals surface area (Å²) in [7, 11) is 0. The Kier molecular flexibility index (Phi) is 6.22. The molecule has 3 nitrogen and oxygen atoms in total. The number of morpholine rings is 1. The maximum atomic E-state index is 5.61. The van der Waals surface area contributed by atoms with Gasteiger partial charge in [0.15, 0.2) is 0 Å². The molecule has 1 heterocycles. The number of nitrogens with two attached hydrogens (primary N) is 1. The Bertz CT molecular complexity index is 164. The summed E-state index contributed by atoms with van der Waals surface area (Å²) >= 11 is 0. The minimum absolute atomic E-state index is 0.408. The fraction of sp³-hybridized carbons (Fsp3) is 1.00. The first kappa shape index (κ1) is 12.9. The molecule has 0 saturated carbocycles. The van der Waals surface area contributed by atoms with Gasteiger partial charge in [-0.1, -0.05) is 12.8 Å². The highest BCUT2D eigenvalue weighted by Crippen LogP contribution is 2.12. The number of unbranched alkanes of at least 4 members (excludes halogenated alkanes) is 3. The smallest absolute Gasteiger partial charge is 0.0674 e. The quantitative estimate of drug-likeness (QED) is 0.683. The standard InChI is InChI=1S/C12H26N2O/c1-11-10-15-12(2)9-14(11)8-6-4-3-5-7-13/h11-12H,3-10,13H2,1-2H3. The number of hydrogen-bond donors (Lipinski definition) is 1. The summed E-state index contributed by atoms with van der Waals surface area (Å²) in [6.07, 6.45) is 5.48. The molecule has 0 aromatic rings. The molecule has 0 aromatic carbocycles. The van der Waals surface area contributed by atoms with Crippen molar-refractivity contribution >= 4 is 0 Å². The van der Waals surface area contributed by atoms with E-state index in [1.165, 1.54) is 32.2 Å². The largest absolute Gasteiger partial charge is 0.376 e. The number of rotatable bonds is 6. The molecule has 1 rings (SSSR count). The second-order valence-corrected chi connectivity index (χ2v) is 4.69. The van der Waals surface area contributed by atoms with Gasteiger partial charge in [-0.05, 0) is 39.8 Å². The van der Waals surface area contributed by atoms with Crippen LogP contribution in [-0.4, -0.2) is 43.3 Å². The second kappa shape index (κ2) is 7.20. The predicted molar refractivity (Wildman–Crippen MR) is 64.0 cm³/mol. The molecule has 2 N–H and O–H groups in total. The van der Waals surface area contributed by atoms with Crippen molar-refractivity contribution in [2.24, 2.45) is 5.73 Å². The molecule has 1 saturated heterocycles. The lowest BCUT2D eigenvalue weighted by atomic mass is 10.1. The van der Waals surface area contributed by atoms with Crippen molar-refractivity contribution in [2.45, 2.75) is 51.7 Å². The van der Waals surface area contributed by atoms with E-state index in [-0.39, 0.29) is 0 Å². The van der Waals surface area contributed by atoms with Crippen molar-refractivity contribution in [1.82, 2.24) is 4.90 Å². The molecule has 0 aliphatic carbocycles. The van der Waals surface area contributed by atoms with Crippen molar-refractivity contribution < 1.29 is 4.74 Å². The molecule has 0 radical (unpaired) electrons. The third-order valence-corrected chi connectivity index (χ3v) is 3.14. The van der Waals surface area contributed by atoms with Crippen LogP contribution in [0, 0.1) is 0 Å². The third-order valence-electron chi connectivity index (χ3n) is 3.14. The van der Waals surface area contributed by atoms with Gasteiger partial charge in [0.2, 0.25) is 0 Å². The maximum Gasteiger partial charge on any atom is 0.0674 e. The van der Waals surface area contributed by atoms with E-state index in [4.69, 9.17) is 10.5 Å². The zero-order chi connectivity index (χ0) is 11.1. The molecule has 15 heavy (non-hydrogen) atoms. The summed E-state index contributed by atoms with van der Waals surface area (Å²) in [6.45, 7) is 8.46. The van der Waals surface area contributed by atoms with Crippen LogP contribution in [0.15, 0.2) is 0 Å². The van der Waals surface area contributed by atoms with Crippen molar-refractivity contribution in [3.8, 4) is 0 Å². The van der Waals surface area contributed by atoms with Crippen LogP contribution in [0.5, 0.6) is 0 Å². The molecular weight excluding hydrogens is 188 g/mol. The highest BCUT2D eigenvalue weighted by atomic mass is 16.5. The predicted octanol–water partition coefficient (Wildman–Crippen LogP) is 1.61. The molecule has 1 aliphatic rings. The van der Waals surface area contributed by atoms with E-state index < -0.39 is 0 Å². The van der Waals surface area contributed by atoms with Gasteiger partial charge in [-0.15, -0.1) is 0 Å². The van der Waals surface area contributed by atoms with E-state index >= 15 is 0 Å². The molecule has 2 atom stereocenters. The number of ether oxygens (including phenoxy) is 1. The van der Waals surface area contributed by atoms with Gasteiger partial charge in [-0.25, -0.2) is 0 Å². The van der Waals surface area contributed by atoms with Crippen LogP contribution in [0.4, 0.5) is 0 Å². The molecule has 3 heteroatoms. The Morgan fingerprint density at radius 1 is 1.20 bits per heavy atom. The highest BCUT2D eigenvalue weighted by molar-refractivity contribution is 4.74. The van der Waals surface area contributed by atoms with Gasteiger partial charge in [0.1, 0.15) is 0 Å². The lowest BCUT2D eigenvalue weighted by Gasteiger charge is -2.36. The van der Waals surface area contributed by atoms with Crippen molar-refractivity contribution in [3.63, 3.8) is 0 Å². The van der Waals surface area contributed by atoms with Gasteiger partial charge in [0.05, 0.1) is 12.7 Å². The number of nitrogens with zero attached hydrogens (tertiary/aromatic N) is 1. The second-order valence-electron chi connectivity index (χ2n) is 4.69. The Labute approximate surface area is 94.0 Å². The summed E-state index contributed by atoms with van der Waals surface area (Å²) in [6, 6.07) is 0.593. The van der Waals surface area contributed by atoms with Gasteiger partial charge in [-0.3, -0.25) is 4.90 Å². The lowest BCUT2D eigenvalue weighted by Crippen LogP contribution is -2.47. The zero-order valence-electron chi connectivity index (χ0n) is 10.2. The summed E-state index contributed by atoms with van der Waals surface area (Å²) in [5.41, 5.74) is 5.47. The zero-order valence-corrected chi connectivity index (χ0v) is 10.2. The minimum atomic E-state index is 0.408. The van der Waals surface area contributed by atoms with Gasteiger partial charge in [0.25, 0.3) is 0 Å². The first-order chi connectivity index (χ1) is 7.24. The van der Waals surface area contributed by atoms with E-state index in [9.17, 15) is 0 Å². The average Bonchev–Trinajstić information content (AvgIpc) is 2.23. The maximum absolute atomic E-state index is 5.61. The van der Waals surface area contributed by atoms with Gasteiger partial charge < -0.3 is 10.5 Å². The van der Waals surface area contributed by atoms with Crippen LogP contribution >= 0.6 is 0 Å². The van der Waals surface area contributed by atoms with Gasteiger partial charge in [0, 0.05) is 12.6 Å². The normalized spacial score (nSPS) is 28.2. The molecule has 0 amide bonds. The Hall–Kier alpha value is -0.120. The SMILES string of the molecule is CC1CN(CCCCCCN)C(C)CO1. The lowest BCUT2D eigenvalue weighted by molar-refractivity contribution is -0.0496. The minimum Gasteiger partial charge on any atom is -0.376 e. The molecule has 0 spiro atoms. The van der Waals surface area contributed by atoms with Crippen LogP contribution in [0.2, 0.25) is 0 Å². The topological polar surface area (TPSA) is 38.5 Å². The van der Waals surface area contributed by atoms with E-state index in [1.54, 1.807) is 0 Å². The van der Waals surface area contributed by atoms with Crippen molar-refractivity contribution in [2.75, 3.05) is 26.2 Å². The first-order valence-electron chi connectivity index (χ1n) is 6.29. The summed E-state index contributed by atoms with van der Waals surface area (Å²) < 4.78 is 5.61. The van der Waals surface area contributed by atoms with E-state index in [1.807, 2.05) is 0 Å². The third kappa shape index (κ3) is 4.96. The van der Waals surface area contributed by atoms with Crippen LogP contribution in [0.25, 0.3) is 0 Å². The summed E-state index contributed by atoms with van der Waals surface area (Å²) in [5.74, 6) is 0. The molecule has 0 bridgehead atoms. The Balaban J connectivity index is 2.08. The van der Waals surface area contributed by atoms with Crippen LogP contribution in [0.1, 0.15) is 39.5 Å². The average molecular weight is 214 g/mol. The van der Waals surface area contributed by atoms with Gasteiger partial charge >= 0.3 is 0 Å². The van der Waals surface area contributed by atoms with Crippen molar-refractivity contribution in [3.05, 3.63) is 0 Å². The Morgan fingerprint density at radius 2 is 1.93 bits per heavy atom. The van der Waals surface area contributed by atoms with Gasteiger partial charge in [-0.2, -0.15) is 0 Å². The highest BCUT2D eigenvalue weighted by Gasteiger charge is 2.22. The molecule has 2 unspecified atom stereocenters. The Morgan fingerprint density at radius 3 is 2.67 bits per heavy atom. The van der Waals surface area contributed by atoms with E-state index in [0.717, 1.165) is 19.7 Å². The number of hydrogen-bond acceptors (Lipinski definition) is 3. The van der Waals surface area contributed by atoms with Crippen LogP contribution in [0.3, 0.4) is 0 Å². The fourth-order valence-electron chi connectivity index (χ4n) is 2.10. The molecule has 90 valence electrons. The summed E-state index contributed by atoms with van der Waals surface area (Å²) in [5, 5.41) is 0. The molecule has 0 aromatic heterocycles. The molecule has 1 aliphatic heterocycles. The van der Waals surface area contributed by atoms with Crippen LogP contribution < -0.4 is 5.73 Å². The molecule has 1 fully saturated rings. The summed E-state index contributed by atoms with van der Waals surface area (Å²) in [4.78, 5) is 2.55. The fourth-order valence-corrected chi connectivity index (χ4v) is 2.10. The first-order valence-corrected chi connectivity index (χ1v) is 6.29. The molecular formula is C12H26N2O. The van der Waals surface area contributed by atoms with Crippen molar-refractivity contribution in [1.29, 1.82) is 0 Å².